The third-order valence-corrected chi connectivity index (χ3v) is 5.53. The summed E-state index contributed by atoms with van der Waals surface area (Å²) in [5, 5.41) is 16.7. The van der Waals surface area contributed by atoms with Crippen LogP contribution in [-0.4, -0.2) is 34.0 Å². The number of nitriles is 1. The Kier molecular flexibility index (Phi) is 5.12. The number of H-pyrrole nitrogens is 1. The summed E-state index contributed by atoms with van der Waals surface area (Å²) in [7, 11) is 0. The van der Waals surface area contributed by atoms with Crippen molar-refractivity contribution in [1.29, 1.82) is 5.26 Å². The first-order valence-corrected chi connectivity index (χ1v) is 10.1. The summed E-state index contributed by atoms with van der Waals surface area (Å²) in [6.07, 6.45) is 5.31. The molecule has 7 heteroatoms. The summed E-state index contributed by atoms with van der Waals surface area (Å²) in [5.74, 6) is -0.126. The number of pyridine rings is 1. The number of hydrogen-bond donors (Lipinski definition) is 4. The number of fused-ring (bicyclic) bond motifs is 3. The predicted molar refractivity (Wildman–Crippen MR) is 115 cm³/mol. The number of rotatable bonds is 4. The molecule has 1 amide bonds. The van der Waals surface area contributed by atoms with Crippen molar-refractivity contribution in [3.8, 4) is 6.07 Å². The molecular formula is C22H26N6O. The van der Waals surface area contributed by atoms with Crippen LogP contribution in [0.15, 0.2) is 24.4 Å². The second-order valence-electron chi connectivity index (χ2n) is 8.15. The summed E-state index contributed by atoms with van der Waals surface area (Å²) in [4.78, 5) is 21.0. The molecule has 4 rings (SSSR count). The maximum Gasteiger partial charge on any atom is 0.255 e. The summed E-state index contributed by atoms with van der Waals surface area (Å²) in [6, 6.07) is 8.16. The Bertz CT molecular complexity index is 1100. The van der Waals surface area contributed by atoms with Gasteiger partial charge in [0.15, 0.2) is 0 Å². The zero-order valence-corrected chi connectivity index (χ0v) is 16.7. The summed E-state index contributed by atoms with van der Waals surface area (Å²) >= 11 is 0. The van der Waals surface area contributed by atoms with Crippen LogP contribution in [0.3, 0.4) is 0 Å². The van der Waals surface area contributed by atoms with Gasteiger partial charge in [-0.1, -0.05) is 0 Å². The first-order chi connectivity index (χ1) is 14.0. The van der Waals surface area contributed by atoms with Gasteiger partial charge in [0.1, 0.15) is 0 Å². The van der Waals surface area contributed by atoms with Gasteiger partial charge in [0, 0.05) is 35.2 Å². The minimum atomic E-state index is -0.126. The Balaban J connectivity index is 1.75. The molecule has 5 N–H and O–H groups in total. The van der Waals surface area contributed by atoms with E-state index in [2.05, 4.69) is 26.7 Å². The van der Waals surface area contributed by atoms with Crippen molar-refractivity contribution in [2.75, 3.05) is 5.32 Å². The molecule has 2 aromatic heterocycles. The van der Waals surface area contributed by atoms with Crippen LogP contribution in [0.4, 0.5) is 5.69 Å². The topological polar surface area (TPSA) is 120 Å². The highest BCUT2D eigenvalue weighted by Crippen LogP contribution is 2.32. The number of nitrogens with one attached hydrogen (secondary N) is 3. The lowest BCUT2D eigenvalue weighted by atomic mass is 9.91. The molecule has 1 aliphatic carbocycles. The average Bonchev–Trinajstić information content (AvgIpc) is 3.07. The van der Waals surface area contributed by atoms with E-state index in [-0.39, 0.29) is 24.0 Å². The zero-order chi connectivity index (χ0) is 20.5. The fourth-order valence-corrected chi connectivity index (χ4v) is 4.03. The Morgan fingerprint density at radius 2 is 2.07 bits per heavy atom. The minimum Gasteiger partial charge on any atom is -0.380 e. The second kappa shape index (κ2) is 7.72. The number of carbonyl (C=O) groups excluding carboxylic acids is 1. The van der Waals surface area contributed by atoms with Crippen LogP contribution in [-0.2, 0) is 0 Å². The summed E-state index contributed by atoms with van der Waals surface area (Å²) in [6.45, 7) is 4.07. The van der Waals surface area contributed by atoms with Crippen LogP contribution in [0, 0.1) is 11.3 Å². The van der Waals surface area contributed by atoms with Crippen molar-refractivity contribution in [3.05, 3.63) is 35.5 Å². The molecule has 1 fully saturated rings. The Morgan fingerprint density at radius 3 is 2.76 bits per heavy atom. The van der Waals surface area contributed by atoms with E-state index in [4.69, 9.17) is 5.73 Å². The van der Waals surface area contributed by atoms with Crippen molar-refractivity contribution < 1.29 is 4.79 Å². The molecule has 29 heavy (non-hydrogen) atoms. The lowest BCUT2D eigenvalue weighted by Gasteiger charge is -2.27. The molecule has 2 heterocycles. The van der Waals surface area contributed by atoms with Crippen molar-refractivity contribution >= 4 is 33.5 Å². The highest BCUT2D eigenvalue weighted by molar-refractivity contribution is 6.14. The van der Waals surface area contributed by atoms with Crippen LogP contribution >= 0.6 is 0 Å². The zero-order valence-electron chi connectivity index (χ0n) is 16.7. The molecule has 3 aromatic rings. The van der Waals surface area contributed by atoms with Crippen LogP contribution in [0.25, 0.3) is 21.9 Å². The number of aromatic amines is 1. The van der Waals surface area contributed by atoms with Crippen molar-refractivity contribution in [1.82, 2.24) is 15.3 Å². The van der Waals surface area contributed by atoms with Crippen LogP contribution in [0.5, 0.6) is 0 Å². The molecule has 0 radical (unpaired) electrons. The van der Waals surface area contributed by atoms with E-state index in [9.17, 15) is 10.1 Å². The van der Waals surface area contributed by atoms with Crippen molar-refractivity contribution in [2.45, 2.75) is 57.7 Å². The number of carbonyl (C=O) groups is 1. The first kappa shape index (κ1) is 19.2. The van der Waals surface area contributed by atoms with Gasteiger partial charge in [0.05, 0.1) is 33.9 Å². The molecule has 0 spiro atoms. The molecule has 150 valence electrons. The van der Waals surface area contributed by atoms with E-state index in [0.717, 1.165) is 53.3 Å². The highest BCUT2D eigenvalue weighted by atomic mass is 16.1. The van der Waals surface area contributed by atoms with Gasteiger partial charge >= 0.3 is 0 Å². The largest absolute Gasteiger partial charge is 0.380 e. The summed E-state index contributed by atoms with van der Waals surface area (Å²) < 4.78 is 0. The molecule has 1 aromatic carbocycles. The maximum absolute atomic E-state index is 13.1. The molecule has 0 bridgehead atoms. The number of benzene rings is 1. The van der Waals surface area contributed by atoms with Crippen LogP contribution < -0.4 is 16.4 Å². The molecule has 0 atom stereocenters. The third kappa shape index (κ3) is 3.76. The lowest BCUT2D eigenvalue weighted by molar-refractivity contribution is 0.0926. The third-order valence-electron chi connectivity index (χ3n) is 5.53. The number of aromatic nitrogens is 2. The van der Waals surface area contributed by atoms with Crippen molar-refractivity contribution in [3.63, 3.8) is 0 Å². The van der Waals surface area contributed by atoms with E-state index < -0.39 is 0 Å². The Hall–Kier alpha value is -3.11. The van der Waals surface area contributed by atoms with E-state index in [0.29, 0.717) is 11.1 Å². The highest BCUT2D eigenvalue weighted by Gasteiger charge is 2.24. The van der Waals surface area contributed by atoms with Gasteiger partial charge in [-0.3, -0.25) is 9.78 Å². The van der Waals surface area contributed by atoms with Crippen molar-refractivity contribution in [2.24, 2.45) is 5.73 Å². The molecule has 1 aliphatic rings. The lowest BCUT2D eigenvalue weighted by Crippen LogP contribution is -2.40. The molecule has 7 nitrogen and oxygen atoms in total. The van der Waals surface area contributed by atoms with Gasteiger partial charge in [-0.2, -0.15) is 5.26 Å². The van der Waals surface area contributed by atoms with Gasteiger partial charge in [0.25, 0.3) is 5.91 Å². The maximum atomic E-state index is 13.1. The second-order valence-corrected chi connectivity index (χ2v) is 8.15. The average molecular weight is 390 g/mol. The SMILES string of the molecule is CC(C)Nc1c(C(=O)N[C@H]2CC[C@H](N)CC2)cnc2c1[nH]c1cc(C#N)ccc12. The van der Waals surface area contributed by atoms with E-state index in [1.165, 1.54) is 0 Å². The molecular weight excluding hydrogens is 364 g/mol. The molecule has 1 saturated carbocycles. The standard InChI is InChI=1S/C22H26N6O/c1-12(2)26-20-17(22(29)27-15-6-4-14(24)5-7-15)11-25-19-16-8-3-13(10-23)9-18(16)28-21(19)20/h3,8-9,11-12,14-15,28H,4-7,24H2,1-2H3,(H,25,26)(H,27,29)/t14-,15-. The number of nitrogens with two attached hydrogens (primary N) is 1. The monoisotopic (exact) mass is 390 g/mol. The number of amides is 1. The number of hydrogen-bond acceptors (Lipinski definition) is 5. The van der Waals surface area contributed by atoms with Gasteiger partial charge < -0.3 is 21.4 Å². The smallest absolute Gasteiger partial charge is 0.255 e. The predicted octanol–water partition coefficient (Wildman–Crippen LogP) is 3.41. The van der Waals surface area contributed by atoms with E-state index in [1.54, 1.807) is 18.3 Å². The number of nitrogens with zero attached hydrogens (tertiary/aromatic N) is 2. The van der Waals surface area contributed by atoms with Gasteiger partial charge in [0.2, 0.25) is 0 Å². The number of anilines is 1. The first-order valence-electron chi connectivity index (χ1n) is 10.1. The van der Waals surface area contributed by atoms with Gasteiger partial charge in [-0.25, -0.2) is 0 Å². The van der Waals surface area contributed by atoms with Gasteiger partial charge in [-0.15, -0.1) is 0 Å². The fraction of sp³-hybridized carbons (Fsp3) is 0.409. The quantitative estimate of drug-likeness (QED) is 0.544. The van der Waals surface area contributed by atoms with Crippen LogP contribution in [0.1, 0.15) is 55.5 Å². The van der Waals surface area contributed by atoms with Gasteiger partial charge in [-0.05, 0) is 57.7 Å². The Morgan fingerprint density at radius 1 is 1.31 bits per heavy atom. The van der Waals surface area contributed by atoms with E-state index >= 15 is 0 Å². The van der Waals surface area contributed by atoms with Crippen LogP contribution in [0.2, 0.25) is 0 Å². The summed E-state index contributed by atoms with van der Waals surface area (Å²) in [5.41, 5.74) is 10.2. The molecule has 0 saturated heterocycles. The van der Waals surface area contributed by atoms with E-state index in [1.807, 2.05) is 19.9 Å². The molecule has 0 aliphatic heterocycles. The minimum absolute atomic E-state index is 0.126. The fourth-order valence-electron chi connectivity index (χ4n) is 4.03. The molecule has 0 unspecified atom stereocenters. The normalized spacial score (nSPS) is 19.4. The Labute approximate surface area is 169 Å².